The van der Waals surface area contributed by atoms with Crippen LogP contribution in [0.15, 0.2) is 42.6 Å². The number of ether oxygens (including phenoxy) is 1. The zero-order valence-electron chi connectivity index (χ0n) is 12.7. The minimum Gasteiger partial charge on any atom is -0.479 e. The van der Waals surface area contributed by atoms with Crippen LogP contribution in [0.25, 0.3) is 0 Å². The SMILES string of the molecule is CCc1ccc(C(=O)c2cccn2CO[C@H](C)C(=O)O)cc1. The molecule has 5 nitrogen and oxygen atoms in total. The number of carboxylic acid groups (broad SMARTS) is 1. The molecule has 0 spiro atoms. The average molecular weight is 301 g/mol. The van der Waals surface area contributed by atoms with E-state index < -0.39 is 12.1 Å². The fraction of sp³-hybridized carbons (Fsp3) is 0.294. The van der Waals surface area contributed by atoms with Crippen LogP contribution >= 0.6 is 0 Å². The van der Waals surface area contributed by atoms with Crippen molar-refractivity contribution >= 4 is 11.8 Å². The van der Waals surface area contributed by atoms with E-state index in [1.165, 1.54) is 12.5 Å². The summed E-state index contributed by atoms with van der Waals surface area (Å²) in [6.07, 6.45) is 1.70. The van der Waals surface area contributed by atoms with Gasteiger partial charge < -0.3 is 14.4 Å². The van der Waals surface area contributed by atoms with Crippen molar-refractivity contribution in [1.29, 1.82) is 0 Å². The van der Waals surface area contributed by atoms with E-state index in [0.29, 0.717) is 11.3 Å². The Hall–Kier alpha value is -2.40. The second-order valence-corrected chi connectivity index (χ2v) is 5.02. The average Bonchev–Trinajstić information content (AvgIpc) is 3.00. The molecule has 1 heterocycles. The number of aliphatic carboxylic acids is 1. The molecule has 0 aliphatic heterocycles. The molecule has 0 amide bonds. The van der Waals surface area contributed by atoms with Gasteiger partial charge in [0.1, 0.15) is 6.73 Å². The summed E-state index contributed by atoms with van der Waals surface area (Å²) in [5.74, 6) is -1.14. The second kappa shape index (κ2) is 7.04. The predicted molar refractivity (Wildman–Crippen MR) is 81.9 cm³/mol. The standard InChI is InChI=1S/C17H19NO4/c1-3-13-6-8-14(9-7-13)16(19)15-5-4-10-18(15)11-22-12(2)17(20)21/h4-10,12H,3,11H2,1-2H3,(H,20,21)/t12-/m1/s1. The largest absolute Gasteiger partial charge is 0.479 e. The van der Waals surface area contributed by atoms with Gasteiger partial charge >= 0.3 is 5.97 Å². The Morgan fingerprint density at radius 3 is 2.50 bits per heavy atom. The summed E-state index contributed by atoms with van der Waals surface area (Å²) in [4.78, 5) is 23.3. The third kappa shape index (κ3) is 3.62. The zero-order valence-corrected chi connectivity index (χ0v) is 12.7. The van der Waals surface area contributed by atoms with Gasteiger partial charge in [-0.3, -0.25) is 4.79 Å². The van der Waals surface area contributed by atoms with Crippen molar-refractivity contribution in [2.45, 2.75) is 33.1 Å². The Morgan fingerprint density at radius 2 is 1.91 bits per heavy atom. The number of carbonyl (C=O) groups excluding carboxylic acids is 1. The molecular formula is C17H19NO4. The molecule has 116 valence electrons. The number of aromatic nitrogens is 1. The summed E-state index contributed by atoms with van der Waals surface area (Å²) < 4.78 is 6.83. The van der Waals surface area contributed by atoms with E-state index in [1.807, 2.05) is 12.1 Å². The van der Waals surface area contributed by atoms with E-state index in [4.69, 9.17) is 9.84 Å². The highest BCUT2D eigenvalue weighted by Gasteiger charge is 2.15. The molecule has 0 saturated carbocycles. The second-order valence-electron chi connectivity index (χ2n) is 5.02. The van der Waals surface area contributed by atoms with Crippen molar-refractivity contribution < 1.29 is 19.4 Å². The van der Waals surface area contributed by atoms with Gasteiger partial charge in [0.25, 0.3) is 0 Å². The van der Waals surface area contributed by atoms with Crippen molar-refractivity contribution in [1.82, 2.24) is 4.57 Å². The first-order valence-electron chi connectivity index (χ1n) is 7.16. The molecule has 2 rings (SSSR count). The molecule has 1 N–H and O–H groups in total. The summed E-state index contributed by atoms with van der Waals surface area (Å²) in [6.45, 7) is 3.54. The zero-order chi connectivity index (χ0) is 16.1. The van der Waals surface area contributed by atoms with Crippen LogP contribution in [0.2, 0.25) is 0 Å². The molecule has 1 aromatic heterocycles. The maximum Gasteiger partial charge on any atom is 0.332 e. The molecule has 1 aromatic carbocycles. The first kappa shape index (κ1) is 16.0. The van der Waals surface area contributed by atoms with Gasteiger partial charge in [-0.2, -0.15) is 0 Å². The summed E-state index contributed by atoms with van der Waals surface area (Å²) in [6, 6.07) is 10.9. The highest BCUT2D eigenvalue weighted by atomic mass is 16.5. The van der Waals surface area contributed by atoms with E-state index in [0.717, 1.165) is 6.42 Å². The third-order valence-corrected chi connectivity index (χ3v) is 3.50. The number of aryl methyl sites for hydroxylation is 1. The van der Waals surface area contributed by atoms with E-state index >= 15 is 0 Å². The van der Waals surface area contributed by atoms with Gasteiger partial charge in [-0.15, -0.1) is 0 Å². The molecule has 0 radical (unpaired) electrons. The molecule has 0 aliphatic rings. The number of nitrogens with zero attached hydrogens (tertiary/aromatic N) is 1. The Kier molecular flexibility index (Phi) is 5.12. The third-order valence-electron chi connectivity index (χ3n) is 3.50. The smallest absolute Gasteiger partial charge is 0.332 e. The maximum atomic E-state index is 12.5. The van der Waals surface area contributed by atoms with Gasteiger partial charge in [0.15, 0.2) is 6.10 Å². The number of hydrogen-bond acceptors (Lipinski definition) is 3. The van der Waals surface area contributed by atoms with Crippen LogP contribution in [-0.4, -0.2) is 27.5 Å². The number of hydrogen-bond donors (Lipinski definition) is 1. The molecule has 2 aromatic rings. The van der Waals surface area contributed by atoms with Gasteiger partial charge in [0, 0.05) is 11.8 Å². The van der Waals surface area contributed by atoms with E-state index in [1.54, 1.807) is 35.0 Å². The van der Waals surface area contributed by atoms with Gasteiger partial charge in [0.05, 0.1) is 5.69 Å². The van der Waals surface area contributed by atoms with Gasteiger partial charge in [-0.1, -0.05) is 31.2 Å². The maximum absolute atomic E-state index is 12.5. The summed E-state index contributed by atoms with van der Waals surface area (Å²) in [7, 11) is 0. The Labute approximate surface area is 129 Å². The lowest BCUT2D eigenvalue weighted by atomic mass is 10.1. The van der Waals surface area contributed by atoms with Crippen LogP contribution in [0.5, 0.6) is 0 Å². The molecule has 0 aliphatic carbocycles. The Balaban J connectivity index is 2.13. The number of benzene rings is 1. The molecule has 0 fully saturated rings. The molecule has 0 unspecified atom stereocenters. The predicted octanol–water partition coefficient (Wildman–Crippen LogP) is 2.73. The highest BCUT2D eigenvalue weighted by Crippen LogP contribution is 2.13. The normalized spacial score (nSPS) is 12.1. The number of ketones is 1. The minimum absolute atomic E-state index is 0.0224. The first-order chi connectivity index (χ1) is 10.5. The van der Waals surface area contributed by atoms with Gasteiger partial charge in [-0.05, 0) is 31.0 Å². The van der Waals surface area contributed by atoms with Crippen molar-refractivity contribution in [2.24, 2.45) is 0 Å². The van der Waals surface area contributed by atoms with Gasteiger partial charge in [-0.25, -0.2) is 4.79 Å². The lowest BCUT2D eigenvalue weighted by Gasteiger charge is -2.12. The lowest BCUT2D eigenvalue weighted by Crippen LogP contribution is -2.22. The van der Waals surface area contributed by atoms with Crippen LogP contribution in [0.1, 0.15) is 35.5 Å². The Bertz CT molecular complexity index is 658. The Morgan fingerprint density at radius 1 is 1.23 bits per heavy atom. The molecule has 1 atom stereocenters. The summed E-state index contributed by atoms with van der Waals surface area (Å²) >= 11 is 0. The molecule has 5 heteroatoms. The number of carbonyl (C=O) groups is 2. The highest BCUT2D eigenvalue weighted by molar-refractivity contribution is 6.08. The van der Waals surface area contributed by atoms with Crippen molar-refractivity contribution in [2.75, 3.05) is 0 Å². The topological polar surface area (TPSA) is 68.5 Å². The van der Waals surface area contributed by atoms with Crippen molar-refractivity contribution in [3.05, 3.63) is 59.4 Å². The fourth-order valence-electron chi connectivity index (χ4n) is 2.04. The quantitative estimate of drug-likeness (QED) is 0.798. The van der Waals surface area contributed by atoms with Crippen LogP contribution < -0.4 is 0 Å². The minimum atomic E-state index is -1.03. The van der Waals surface area contributed by atoms with Crippen LogP contribution in [0, 0.1) is 0 Å². The number of carboxylic acids is 1. The van der Waals surface area contributed by atoms with E-state index in [-0.39, 0.29) is 12.5 Å². The lowest BCUT2D eigenvalue weighted by molar-refractivity contribution is -0.151. The molecular weight excluding hydrogens is 282 g/mol. The number of rotatable bonds is 7. The monoisotopic (exact) mass is 301 g/mol. The summed E-state index contributed by atoms with van der Waals surface area (Å²) in [5, 5.41) is 8.82. The van der Waals surface area contributed by atoms with E-state index in [9.17, 15) is 9.59 Å². The molecule has 0 bridgehead atoms. The van der Waals surface area contributed by atoms with Crippen LogP contribution in [0.4, 0.5) is 0 Å². The fourth-order valence-corrected chi connectivity index (χ4v) is 2.04. The van der Waals surface area contributed by atoms with Gasteiger partial charge in [0.2, 0.25) is 5.78 Å². The van der Waals surface area contributed by atoms with Crippen LogP contribution in [0.3, 0.4) is 0 Å². The van der Waals surface area contributed by atoms with Crippen LogP contribution in [-0.2, 0) is 22.7 Å². The molecule has 0 saturated heterocycles. The first-order valence-corrected chi connectivity index (χ1v) is 7.16. The molecule has 22 heavy (non-hydrogen) atoms. The van der Waals surface area contributed by atoms with E-state index in [2.05, 4.69) is 6.92 Å². The van der Waals surface area contributed by atoms with Crippen molar-refractivity contribution in [3.8, 4) is 0 Å². The summed E-state index contributed by atoms with van der Waals surface area (Å²) in [5.41, 5.74) is 2.25. The van der Waals surface area contributed by atoms with Crippen molar-refractivity contribution in [3.63, 3.8) is 0 Å².